The first-order valence-corrected chi connectivity index (χ1v) is 2.77. The first kappa shape index (κ1) is 7.93. The maximum Gasteiger partial charge on any atom is 0.124 e. The summed E-state index contributed by atoms with van der Waals surface area (Å²) < 4.78 is 0. The number of hydrogen-bond donors (Lipinski definition) is 0. The second-order valence-corrected chi connectivity index (χ2v) is 1.87. The molecule has 1 nitrogen and oxygen atoms in total. The molecule has 0 atom stereocenters. The number of hydrogen-bond acceptors (Lipinski definition) is 1. The third-order valence-corrected chi connectivity index (χ3v) is 0.767. The summed E-state index contributed by atoms with van der Waals surface area (Å²) in [5, 5.41) is 0. The van der Waals surface area contributed by atoms with Crippen LogP contribution >= 0.6 is 0 Å². The van der Waals surface area contributed by atoms with E-state index in [2.05, 4.69) is 6.58 Å². The molecule has 0 bridgehead atoms. The van der Waals surface area contributed by atoms with Crippen LogP contribution in [0.3, 0.4) is 0 Å². The molecule has 0 amide bonds. The van der Waals surface area contributed by atoms with E-state index in [0.717, 1.165) is 12.0 Å². The van der Waals surface area contributed by atoms with Crippen LogP contribution in [-0.2, 0) is 4.79 Å². The molecule has 0 aromatic heterocycles. The molecule has 48 valence electrons. The standard InChI is InChI=1S/C8H10O/c1-8(2)6-4-3-5-7-9/h3-5H,1,6H2,2H3/b4-3-. The minimum atomic E-state index is 0.832. The van der Waals surface area contributed by atoms with E-state index in [1.165, 1.54) is 6.08 Å². The van der Waals surface area contributed by atoms with Gasteiger partial charge in [0.05, 0.1) is 0 Å². The van der Waals surface area contributed by atoms with E-state index in [0.29, 0.717) is 0 Å². The normalized spacial score (nSPS) is 9.00. The van der Waals surface area contributed by atoms with Crippen LogP contribution in [-0.4, -0.2) is 5.94 Å². The Morgan fingerprint density at radius 2 is 2.44 bits per heavy atom. The van der Waals surface area contributed by atoms with E-state index in [4.69, 9.17) is 0 Å². The van der Waals surface area contributed by atoms with Crippen LogP contribution in [0.1, 0.15) is 13.3 Å². The summed E-state index contributed by atoms with van der Waals surface area (Å²) >= 11 is 0. The molecule has 0 aliphatic rings. The Bertz CT molecular complexity index is 159. The Morgan fingerprint density at radius 3 is 2.89 bits per heavy atom. The van der Waals surface area contributed by atoms with Gasteiger partial charge in [-0.1, -0.05) is 24.3 Å². The molecule has 0 aliphatic carbocycles. The van der Waals surface area contributed by atoms with Crippen LogP contribution < -0.4 is 0 Å². The van der Waals surface area contributed by atoms with Gasteiger partial charge in [-0.25, -0.2) is 4.79 Å². The van der Waals surface area contributed by atoms with Crippen molar-refractivity contribution in [3.63, 3.8) is 0 Å². The molecule has 0 N–H and O–H groups in total. The average Bonchev–Trinajstić information content (AvgIpc) is 1.80. The smallest absolute Gasteiger partial charge is 0.124 e. The second kappa shape index (κ2) is 5.07. The van der Waals surface area contributed by atoms with E-state index >= 15 is 0 Å². The zero-order chi connectivity index (χ0) is 7.11. The Morgan fingerprint density at radius 1 is 1.78 bits per heavy atom. The monoisotopic (exact) mass is 122 g/mol. The van der Waals surface area contributed by atoms with E-state index in [1.54, 1.807) is 12.0 Å². The lowest BCUT2D eigenvalue weighted by molar-refractivity contribution is 0.569. The van der Waals surface area contributed by atoms with Gasteiger partial charge in [-0.2, -0.15) is 0 Å². The Kier molecular flexibility index (Phi) is 4.47. The Labute approximate surface area is 55.4 Å². The zero-order valence-corrected chi connectivity index (χ0v) is 5.55. The quantitative estimate of drug-likeness (QED) is 0.317. The van der Waals surface area contributed by atoms with Gasteiger partial charge in [-0.15, -0.1) is 0 Å². The van der Waals surface area contributed by atoms with E-state index in [9.17, 15) is 4.79 Å². The molecule has 0 saturated carbocycles. The number of allylic oxidation sites excluding steroid dienone is 4. The zero-order valence-electron chi connectivity index (χ0n) is 5.55. The van der Waals surface area contributed by atoms with Crippen molar-refractivity contribution in [1.82, 2.24) is 0 Å². The highest BCUT2D eigenvalue weighted by Crippen LogP contribution is 1.94. The van der Waals surface area contributed by atoms with Gasteiger partial charge in [-0.3, -0.25) is 0 Å². The predicted octanol–water partition coefficient (Wildman–Crippen LogP) is 1.90. The minimum absolute atomic E-state index is 0.832. The van der Waals surface area contributed by atoms with Crippen LogP contribution in [0.2, 0.25) is 0 Å². The first-order valence-electron chi connectivity index (χ1n) is 2.77. The first-order chi connectivity index (χ1) is 4.27. The summed E-state index contributed by atoms with van der Waals surface area (Å²) in [6.07, 6.45) is 5.70. The average molecular weight is 122 g/mol. The summed E-state index contributed by atoms with van der Waals surface area (Å²) in [4.78, 5) is 9.60. The molecular weight excluding hydrogens is 112 g/mol. The highest BCUT2D eigenvalue weighted by molar-refractivity contribution is 5.48. The summed E-state index contributed by atoms with van der Waals surface area (Å²) in [6, 6.07) is 0. The minimum Gasteiger partial charge on any atom is -0.234 e. The lowest BCUT2D eigenvalue weighted by Gasteiger charge is -1.84. The van der Waals surface area contributed by atoms with E-state index in [1.807, 2.05) is 13.0 Å². The van der Waals surface area contributed by atoms with Gasteiger partial charge in [0.15, 0.2) is 0 Å². The summed E-state index contributed by atoms with van der Waals surface area (Å²) in [5.74, 6) is 1.65. The lowest BCUT2D eigenvalue weighted by Crippen LogP contribution is -1.65. The molecule has 0 rings (SSSR count). The molecule has 9 heavy (non-hydrogen) atoms. The third kappa shape index (κ3) is 6.93. The predicted molar refractivity (Wildman–Crippen MR) is 38.8 cm³/mol. The van der Waals surface area contributed by atoms with Crippen LogP contribution in [0, 0.1) is 0 Å². The van der Waals surface area contributed by atoms with Crippen LogP contribution in [0.4, 0.5) is 0 Å². The summed E-state index contributed by atoms with van der Waals surface area (Å²) in [6.45, 7) is 5.63. The molecule has 0 saturated heterocycles. The molecule has 0 spiro atoms. The van der Waals surface area contributed by atoms with Crippen LogP contribution in [0.15, 0.2) is 30.4 Å². The fourth-order valence-corrected chi connectivity index (χ4v) is 0.377. The molecule has 0 aliphatic heterocycles. The van der Waals surface area contributed by atoms with Gasteiger partial charge in [0.1, 0.15) is 5.94 Å². The number of carbonyl (C=O) groups excluding carboxylic acids is 1. The molecule has 0 aromatic rings. The van der Waals surface area contributed by atoms with Gasteiger partial charge in [-0.05, 0) is 13.3 Å². The summed E-state index contributed by atoms with van der Waals surface area (Å²) in [7, 11) is 0. The van der Waals surface area contributed by atoms with Gasteiger partial charge in [0.2, 0.25) is 0 Å². The topological polar surface area (TPSA) is 17.1 Å². The van der Waals surface area contributed by atoms with Crippen LogP contribution in [0.5, 0.6) is 0 Å². The van der Waals surface area contributed by atoms with Gasteiger partial charge >= 0.3 is 0 Å². The van der Waals surface area contributed by atoms with Crippen molar-refractivity contribution in [2.24, 2.45) is 0 Å². The fraction of sp³-hybridized carbons (Fsp3) is 0.250. The number of rotatable bonds is 3. The van der Waals surface area contributed by atoms with Crippen molar-refractivity contribution in [2.45, 2.75) is 13.3 Å². The van der Waals surface area contributed by atoms with Crippen molar-refractivity contribution in [2.75, 3.05) is 0 Å². The van der Waals surface area contributed by atoms with Crippen molar-refractivity contribution in [3.8, 4) is 0 Å². The van der Waals surface area contributed by atoms with Crippen LogP contribution in [0.25, 0.3) is 0 Å². The van der Waals surface area contributed by atoms with E-state index < -0.39 is 0 Å². The molecule has 0 aromatic carbocycles. The Balaban J connectivity index is 3.48. The summed E-state index contributed by atoms with van der Waals surface area (Å²) in [5.41, 5.74) is 1.09. The largest absolute Gasteiger partial charge is 0.234 e. The lowest BCUT2D eigenvalue weighted by atomic mass is 10.2. The molecule has 1 heteroatoms. The SMILES string of the molecule is C=C(C)C/C=C\C=C=O. The highest BCUT2D eigenvalue weighted by Gasteiger charge is 1.75. The van der Waals surface area contributed by atoms with Crippen molar-refractivity contribution >= 4 is 5.94 Å². The maximum absolute atomic E-state index is 9.60. The highest BCUT2D eigenvalue weighted by atomic mass is 16.1. The van der Waals surface area contributed by atoms with Crippen molar-refractivity contribution < 1.29 is 4.79 Å². The van der Waals surface area contributed by atoms with Gasteiger partial charge < -0.3 is 0 Å². The van der Waals surface area contributed by atoms with Gasteiger partial charge in [0.25, 0.3) is 0 Å². The molecule has 0 heterocycles. The van der Waals surface area contributed by atoms with Gasteiger partial charge in [0, 0.05) is 6.08 Å². The molecular formula is C8H10O. The maximum atomic E-state index is 9.60. The Hall–Kier alpha value is -1.07. The van der Waals surface area contributed by atoms with Crippen molar-refractivity contribution in [1.29, 1.82) is 0 Å². The van der Waals surface area contributed by atoms with Crippen molar-refractivity contribution in [3.05, 3.63) is 30.4 Å². The van der Waals surface area contributed by atoms with E-state index in [-0.39, 0.29) is 0 Å². The molecule has 0 fully saturated rings. The molecule has 0 radical (unpaired) electrons. The second-order valence-electron chi connectivity index (χ2n) is 1.87. The molecule has 0 unspecified atom stereocenters. The third-order valence-electron chi connectivity index (χ3n) is 0.767. The fourth-order valence-electron chi connectivity index (χ4n) is 0.377.